The fourth-order valence-electron chi connectivity index (χ4n) is 1.17. The molecule has 2 aromatic rings. The third-order valence-electron chi connectivity index (χ3n) is 1.74. The van der Waals surface area contributed by atoms with Gasteiger partial charge in [-0.1, -0.05) is 0 Å². The molecule has 2 rings (SSSR count). The number of hydrogen-bond acceptors (Lipinski definition) is 4. The van der Waals surface area contributed by atoms with E-state index in [0.29, 0.717) is 15.6 Å². The molecule has 72 valence electrons. The molecule has 0 unspecified atom stereocenters. The number of hydrogen-bond donors (Lipinski definition) is 3. The molecular weight excluding hydrogens is 252 g/mol. The van der Waals surface area contributed by atoms with Gasteiger partial charge in [-0.05, 0) is 15.9 Å². The summed E-state index contributed by atoms with van der Waals surface area (Å²) < 4.78 is 0.374. The molecule has 7 heteroatoms. The molecule has 6 nitrogen and oxygen atoms in total. The fourth-order valence-corrected chi connectivity index (χ4v) is 1.76. The number of carboxylic acid groups (broad SMARTS) is 1. The molecule has 0 radical (unpaired) electrons. The van der Waals surface area contributed by atoms with E-state index in [1.807, 2.05) is 0 Å². The summed E-state index contributed by atoms with van der Waals surface area (Å²) in [5.74, 6) is -0.950. The zero-order chi connectivity index (χ0) is 10.3. The van der Waals surface area contributed by atoms with Gasteiger partial charge in [-0.25, -0.2) is 9.78 Å². The zero-order valence-corrected chi connectivity index (χ0v) is 8.37. The van der Waals surface area contributed by atoms with Crippen molar-refractivity contribution in [2.75, 3.05) is 5.73 Å². The van der Waals surface area contributed by atoms with Crippen LogP contribution in [0.25, 0.3) is 11.0 Å². The summed E-state index contributed by atoms with van der Waals surface area (Å²) in [6.07, 6.45) is 1.35. The molecule has 0 saturated carbocycles. The minimum absolute atomic E-state index is 0.0863. The van der Waals surface area contributed by atoms with Gasteiger partial charge in [0.2, 0.25) is 5.95 Å². The second kappa shape index (κ2) is 2.95. The van der Waals surface area contributed by atoms with Gasteiger partial charge >= 0.3 is 5.97 Å². The molecule has 14 heavy (non-hydrogen) atoms. The van der Waals surface area contributed by atoms with Gasteiger partial charge in [-0.15, -0.1) is 0 Å². The van der Waals surface area contributed by atoms with Gasteiger partial charge in [0.05, 0.1) is 10.9 Å². The van der Waals surface area contributed by atoms with Crippen molar-refractivity contribution in [2.45, 2.75) is 0 Å². The van der Waals surface area contributed by atoms with Crippen LogP contribution in [0.5, 0.6) is 0 Å². The Kier molecular flexibility index (Phi) is 1.88. The quantitative estimate of drug-likeness (QED) is 0.661. The third-order valence-corrected chi connectivity index (χ3v) is 2.31. The molecule has 0 aliphatic heterocycles. The summed E-state index contributed by atoms with van der Waals surface area (Å²) in [6, 6.07) is 0. The summed E-state index contributed by atoms with van der Waals surface area (Å²) in [5.41, 5.74) is 5.91. The lowest BCUT2D eigenvalue weighted by Crippen LogP contribution is -1.98. The van der Waals surface area contributed by atoms with Crippen molar-refractivity contribution in [1.82, 2.24) is 15.0 Å². The normalized spacial score (nSPS) is 10.6. The molecule has 0 saturated heterocycles. The number of anilines is 1. The van der Waals surface area contributed by atoms with Gasteiger partial charge in [0.15, 0.2) is 0 Å². The van der Waals surface area contributed by atoms with Gasteiger partial charge in [0.25, 0.3) is 0 Å². The van der Waals surface area contributed by atoms with Crippen LogP contribution in [-0.4, -0.2) is 26.0 Å². The highest BCUT2D eigenvalue weighted by Crippen LogP contribution is 2.24. The molecule has 0 spiro atoms. The topological polar surface area (TPSA) is 105 Å². The molecular formula is C7H5BrN4O2. The first-order valence-electron chi connectivity index (χ1n) is 3.63. The van der Waals surface area contributed by atoms with Gasteiger partial charge < -0.3 is 15.8 Å². The standard InChI is InChI=1S/C7H5BrN4O2/c8-4-3-2(6(13)14)1-10-5(3)12-7(9)11-4/h1H,(H,13,14)(H3,9,10,11,12). The number of halogens is 1. The Bertz CT molecular complexity index is 522. The molecule has 0 aliphatic rings. The number of aromatic nitrogens is 3. The molecule has 4 N–H and O–H groups in total. The smallest absolute Gasteiger partial charge is 0.338 e. The molecule has 2 aromatic heterocycles. The van der Waals surface area contributed by atoms with Gasteiger partial charge in [-0.2, -0.15) is 4.98 Å². The second-order valence-corrected chi connectivity index (χ2v) is 3.35. The van der Waals surface area contributed by atoms with Crippen LogP contribution in [0, 0.1) is 0 Å². The molecule has 0 fully saturated rings. The number of carbonyl (C=O) groups is 1. The number of fused-ring (bicyclic) bond motifs is 1. The van der Waals surface area contributed by atoms with Crippen molar-refractivity contribution in [3.05, 3.63) is 16.4 Å². The van der Waals surface area contributed by atoms with Crippen LogP contribution >= 0.6 is 15.9 Å². The predicted molar refractivity (Wildman–Crippen MR) is 53.0 cm³/mol. The summed E-state index contributed by atoms with van der Waals surface area (Å²) in [5, 5.41) is 9.26. The second-order valence-electron chi connectivity index (χ2n) is 2.60. The maximum Gasteiger partial charge on any atom is 0.338 e. The fraction of sp³-hybridized carbons (Fsp3) is 0. The number of nitrogens with one attached hydrogen (secondary N) is 1. The van der Waals surface area contributed by atoms with Crippen molar-refractivity contribution in [2.24, 2.45) is 0 Å². The van der Waals surface area contributed by atoms with Crippen LogP contribution < -0.4 is 5.73 Å². The first kappa shape index (κ1) is 8.95. The lowest BCUT2D eigenvalue weighted by Gasteiger charge is -1.96. The van der Waals surface area contributed by atoms with Crippen molar-refractivity contribution < 1.29 is 9.90 Å². The van der Waals surface area contributed by atoms with Crippen LogP contribution in [0.1, 0.15) is 10.4 Å². The Labute approximate surface area is 86.3 Å². The largest absolute Gasteiger partial charge is 0.478 e. The van der Waals surface area contributed by atoms with Crippen LogP contribution in [-0.2, 0) is 0 Å². The highest BCUT2D eigenvalue weighted by Gasteiger charge is 2.15. The molecule has 0 aromatic carbocycles. The van der Waals surface area contributed by atoms with Crippen molar-refractivity contribution in [1.29, 1.82) is 0 Å². The Balaban J connectivity index is 2.85. The maximum absolute atomic E-state index is 10.8. The highest BCUT2D eigenvalue weighted by atomic mass is 79.9. The Hall–Kier alpha value is -1.63. The first-order chi connectivity index (χ1) is 6.59. The summed E-state index contributed by atoms with van der Waals surface area (Å²) in [6.45, 7) is 0. The van der Waals surface area contributed by atoms with Gasteiger partial charge in [-0.3, -0.25) is 0 Å². The van der Waals surface area contributed by atoms with Crippen LogP contribution in [0.3, 0.4) is 0 Å². The van der Waals surface area contributed by atoms with Crippen LogP contribution in [0.15, 0.2) is 10.8 Å². The molecule has 2 heterocycles. The summed E-state index contributed by atoms with van der Waals surface area (Å²) >= 11 is 3.13. The molecule has 0 aliphatic carbocycles. The number of nitrogens with zero attached hydrogens (tertiary/aromatic N) is 2. The highest BCUT2D eigenvalue weighted by molar-refractivity contribution is 9.10. The van der Waals surface area contributed by atoms with Gasteiger partial charge in [0, 0.05) is 6.20 Å². The minimum Gasteiger partial charge on any atom is -0.478 e. The van der Waals surface area contributed by atoms with E-state index in [1.165, 1.54) is 6.20 Å². The van der Waals surface area contributed by atoms with E-state index < -0.39 is 5.97 Å². The van der Waals surface area contributed by atoms with Gasteiger partial charge in [0.1, 0.15) is 10.3 Å². The van der Waals surface area contributed by atoms with Crippen LogP contribution in [0.2, 0.25) is 0 Å². The zero-order valence-electron chi connectivity index (χ0n) is 6.78. The Morgan fingerprint density at radius 2 is 2.29 bits per heavy atom. The van der Waals surface area contributed by atoms with E-state index in [0.717, 1.165) is 0 Å². The van der Waals surface area contributed by atoms with E-state index in [-0.39, 0.29) is 11.5 Å². The summed E-state index contributed by atoms with van der Waals surface area (Å²) in [4.78, 5) is 21.2. The van der Waals surface area contributed by atoms with E-state index in [4.69, 9.17) is 10.8 Å². The SMILES string of the molecule is Nc1nc(Br)c2c(C(=O)O)c[nH]c2n1. The average molecular weight is 257 g/mol. The number of rotatable bonds is 1. The minimum atomic E-state index is -1.04. The van der Waals surface area contributed by atoms with Crippen molar-refractivity contribution in [3.63, 3.8) is 0 Å². The third kappa shape index (κ3) is 1.22. The molecule has 0 bridgehead atoms. The maximum atomic E-state index is 10.8. The number of nitrogen functional groups attached to an aromatic ring is 1. The van der Waals surface area contributed by atoms with Crippen LogP contribution in [0.4, 0.5) is 5.95 Å². The van der Waals surface area contributed by atoms with E-state index in [1.54, 1.807) is 0 Å². The number of H-pyrrole nitrogens is 1. The molecule has 0 amide bonds. The number of aromatic amines is 1. The van der Waals surface area contributed by atoms with E-state index >= 15 is 0 Å². The number of carboxylic acids is 1. The van der Waals surface area contributed by atoms with Crippen molar-refractivity contribution in [3.8, 4) is 0 Å². The van der Waals surface area contributed by atoms with E-state index in [9.17, 15) is 4.79 Å². The number of nitrogens with two attached hydrogens (primary N) is 1. The lowest BCUT2D eigenvalue weighted by atomic mass is 10.2. The average Bonchev–Trinajstić information content (AvgIpc) is 2.47. The van der Waals surface area contributed by atoms with Crippen molar-refractivity contribution >= 4 is 38.9 Å². The van der Waals surface area contributed by atoms with E-state index in [2.05, 4.69) is 30.9 Å². The Morgan fingerprint density at radius 1 is 1.57 bits per heavy atom. The first-order valence-corrected chi connectivity index (χ1v) is 4.42. The number of aromatic carboxylic acids is 1. The molecule has 0 atom stereocenters. The lowest BCUT2D eigenvalue weighted by molar-refractivity contribution is 0.0699. The monoisotopic (exact) mass is 256 g/mol. The summed E-state index contributed by atoms with van der Waals surface area (Å²) in [7, 11) is 0. The predicted octanol–water partition coefficient (Wildman–Crippen LogP) is 1.00. The Morgan fingerprint density at radius 3 is 2.93 bits per heavy atom.